The Kier molecular flexibility index (Phi) is 6.91. The molecule has 0 radical (unpaired) electrons. The monoisotopic (exact) mass is 581 g/mol. The molecule has 0 aliphatic carbocycles. The highest BCUT2D eigenvalue weighted by Gasteiger charge is 2.25. The summed E-state index contributed by atoms with van der Waals surface area (Å²) in [5.74, 6) is -0.307. The highest BCUT2D eigenvalue weighted by molar-refractivity contribution is 9.10. The van der Waals surface area contributed by atoms with Gasteiger partial charge in [-0.15, -0.1) is 11.3 Å². The summed E-state index contributed by atoms with van der Waals surface area (Å²) in [6, 6.07) is 19.8. The molecule has 9 heteroatoms. The summed E-state index contributed by atoms with van der Waals surface area (Å²) in [7, 11) is 0. The molecule has 36 heavy (non-hydrogen) atoms. The van der Waals surface area contributed by atoms with E-state index in [2.05, 4.69) is 20.9 Å². The van der Waals surface area contributed by atoms with Crippen LogP contribution in [-0.2, 0) is 9.53 Å². The first-order chi connectivity index (χ1) is 17.4. The maximum absolute atomic E-state index is 12.9. The molecule has 1 aromatic heterocycles. The molecule has 0 saturated heterocycles. The van der Waals surface area contributed by atoms with Gasteiger partial charge in [0.25, 0.3) is 0 Å². The number of hydrogen-bond donors (Lipinski definition) is 0. The number of carbonyl (C=O) groups is 2. The van der Waals surface area contributed by atoms with E-state index in [0.29, 0.717) is 33.4 Å². The Morgan fingerprint density at radius 2 is 1.89 bits per heavy atom. The molecule has 1 aliphatic rings. The molecule has 5 rings (SSSR count). The summed E-state index contributed by atoms with van der Waals surface area (Å²) in [5, 5.41) is 1.16. The maximum atomic E-state index is 12.9. The second kappa shape index (κ2) is 10.3. The smallest absolute Gasteiger partial charge is 0.363 e. The Morgan fingerprint density at radius 1 is 1.11 bits per heavy atom. The molecule has 180 valence electrons. The number of aliphatic imine (C=N–C) groups is 1. The van der Waals surface area contributed by atoms with E-state index in [4.69, 9.17) is 25.8 Å². The number of halogens is 2. The van der Waals surface area contributed by atoms with Crippen LogP contribution in [0.1, 0.15) is 27.7 Å². The summed E-state index contributed by atoms with van der Waals surface area (Å²) < 4.78 is 18.5. The molecule has 2 heterocycles. The average molecular weight is 583 g/mol. The van der Waals surface area contributed by atoms with Crippen molar-refractivity contribution >= 4 is 72.9 Å². The molecule has 1 aliphatic heterocycles. The van der Waals surface area contributed by atoms with Crippen LogP contribution in [0.3, 0.4) is 0 Å². The Hall–Kier alpha value is -3.46. The molecule has 0 unspecified atom stereocenters. The van der Waals surface area contributed by atoms with Gasteiger partial charge in [0.2, 0.25) is 5.90 Å². The van der Waals surface area contributed by atoms with Gasteiger partial charge < -0.3 is 14.2 Å². The van der Waals surface area contributed by atoms with E-state index in [1.165, 1.54) is 11.3 Å². The van der Waals surface area contributed by atoms with Gasteiger partial charge in [0.1, 0.15) is 4.88 Å². The number of fused-ring (bicyclic) bond motifs is 1. The van der Waals surface area contributed by atoms with Crippen molar-refractivity contribution in [2.75, 3.05) is 6.61 Å². The summed E-state index contributed by atoms with van der Waals surface area (Å²) >= 11 is 11.1. The third kappa shape index (κ3) is 4.93. The molecule has 0 bridgehead atoms. The van der Waals surface area contributed by atoms with Crippen LogP contribution in [-0.4, -0.2) is 24.4 Å². The largest absolute Gasteiger partial charge is 0.490 e. The first-order valence-electron chi connectivity index (χ1n) is 10.9. The van der Waals surface area contributed by atoms with E-state index in [9.17, 15) is 9.59 Å². The number of cyclic esters (lactones) is 1. The van der Waals surface area contributed by atoms with Crippen LogP contribution in [0.4, 0.5) is 0 Å². The highest BCUT2D eigenvalue weighted by atomic mass is 79.9. The lowest BCUT2D eigenvalue weighted by Gasteiger charge is -2.11. The van der Waals surface area contributed by atoms with Gasteiger partial charge in [-0.2, -0.15) is 0 Å². The number of ether oxygens (including phenoxy) is 3. The molecule has 0 saturated carbocycles. The van der Waals surface area contributed by atoms with Crippen LogP contribution < -0.4 is 9.47 Å². The zero-order valence-corrected chi connectivity index (χ0v) is 21.9. The van der Waals surface area contributed by atoms with Gasteiger partial charge >= 0.3 is 11.9 Å². The minimum atomic E-state index is -0.573. The number of carbonyl (C=O) groups excluding carboxylic acids is 2. The Morgan fingerprint density at radius 3 is 2.64 bits per heavy atom. The minimum absolute atomic E-state index is 0.150. The lowest BCUT2D eigenvalue weighted by atomic mass is 10.1. The first kappa shape index (κ1) is 24.2. The Labute approximate surface area is 223 Å². The van der Waals surface area contributed by atoms with E-state index in [-0.39, 0.29) is 17.3 Å². The first-order valence-corrected chi connectivity index (χ1v) is 12.9. The van der Waals surface area contributed by atoms with Crippen LogP contribution in [0.15, 0.2) is 81.9 Å². The zero-order chi connectivity index (χ0) is 25.2. The summed E-state index contributed by atoms with van der Waals surface area (Å²) in [4.78, 5) is 29.9. The van der Waals surface area contributed by atoms with Crippen molar-refractivity contribution in [3.05, 3.63) is 97.9 Å². The second-order valence-corrected chi connectivity index (χ2v) is 9.96. The fourth-order valence-electron chi connectivity index (χ4n) is 3.54. The average Bonchev–Trinajstić information content (AvgIpc) is 3.41. The van der Waals surface area contributed by atoms with Gasteiger partial charge in [-0.05, 0) is 61.0 Å². The number of esters is 2. The molecule has 6 nitrogen and oxygen atoms in total. The van der Waals surface area contributed by atoms with Crippen molar-refractivity contribution in [2.24, 2.45) is 4.99 Å². The van der Waals surface area contributed by atoms with Crippen molar-refractivity contribution < 1.29 is 23.8 Å². The molecule has 0 N–H and O–H groups in total. The predicted molar refractivity (Wildman–Crippen MR) is 144 cm³/mol. The molecular weight excluding hydrogens is 566 g/mol. The SMILES string of the molecule is CCOc1cc(/C=C2/N=C(c3ccc(Br)cc3)OC2=O)ccc1OC(=O)c1sc2ccccc2c1Cl. The Bertz CT molecular complexity index is 1560. The predicted octanol–water partition coefficient (Wildman–Crippen LogP) is 7.28. The molecular formula is C27H17BrClNO5S. The molecule has 0 atom stereocenters. The number of hydrogen-bond acceptors (Lipinski definition) is 7. The fraction of sp³-hybridized carbons (Fsp3) is 0.0741. The van der Waals surface area contributed by atoms with Gasteiger partial charge in [0.15, 0.2) is 17.2 Å². The van der Waals surface area contributed by atoms with E-state index < -0.39 is 11.9 Å². The Balaban J connectivity index is 1.41. The summed E-state index contributed by atoms with van der Waals surface area (Å²) in [6.45, 7) is 2.17. The van der Waals surface area contributed by atoms with Gasteiger partial charge in [0, 0.05) is 20.1 Å². The van der Waals surface area contributed by atoms with E-state index in [1.54, 1.807) is 36.4 Å². The normalized spacial score (nSPS) is 14.1. The quantitative estimate of drug-likeness (QED) is 0.136. The van der Waals surface area contributed by atoms with E-state index in [0.717, 1.165) is 14.6 Å². The topological polar surface area (TPSA) is 74.2 Å². The van der Waals surface area contributed by atoms with Crippen molar-refractivity contribution in [3.8, 4) is 11.5 Å². The number of benzene rings is 3. The van der Waals surface area contributed by atoms with Crippen LogP contribution in [0.25, 0.3) is 16.2 Å². The van der Waals surface area contributed by atoms with Crippen molar-refractivity contribution in [3.63, 3.8) is 0 Å². The highest BCUT2D eigenvalue weighted by Crippen LogP contribution is 2.37. The molecule has 0 spiro atoms. The number of thiophene rings is 1. The van der Waals surface area contributed by atoms with Crippen molar-refractivity contribution in [2.45, 2.75) is 6.92 Å². The van der Waals surface area contributed by atoms with Crippen molar-refractivity contribution in [1.82, 2.24) is 0 Å². The van der Waals surface area contributed by atoms with E-state index >= 15 is 0 Å². The van der Waals surface area contributed by atoms with Crippen LogP contribution >= 0.6 is 38.9 Å². The van der Waals surface area contributed by atoms with Crippen molar-refractivity contribution in [1.29, 1.82) is 0 Å². The maximum Gasteiger partial charge on any atom is 0.363 e. The third-order valence-electron chi connectivity index (χ3n) is 5.21. The molecule has 4 aromatic rings. The fourth-order valence-corrected chi connectivity index (χ4v) is 5.19. The minimum Gasteiger partial charge on any atom is -0.490 e. The third-order valence-corrected chi connectivity index (χ3v) is 7.39. The van der Waals surface area contributed by atoms with Crippen LogP contribution in [0.5, 0.6) is 11.5 Å². The number of nitrogens with zero attached hydrogens (tertiary/aromatic N) is 1. The molecule has 3 aromatic carbocycles. The lowest BCUT2D eigenvalue weighted by molar-refractivity contribution is -0.129. The summed E-state index contributed by atoms with van der Waals surface area (Å²) in [5.41, 5.74) is 1.47. The molecule has 0 amide bonds. The van der Waals surface area contributed by atoms with Gasteiger partial charge in [0.05, 0.1) is 11.6 Å². The standard InChI is InChI=1S/C27H17BrClNO5S/c1-2-33-21-14-15(13-19-26(31)35-25(30-19)16-8-10-17(28)11-9-16)7-12-20(21)34-27(32)24-23(29)18-5-3-4-6-22(18)36-24/h3-14H,2H2,1H3/b19-13+. The van der Waals surface area contributed by atoms with Gasteiger partial charge in [-0.3, -0.25) is 0 Å². The molecule has 0 fully saturated rings. The lowest BCUT2D eigenvalue weighted by Crippen LogP contribution is -2.08. The van der Waals surface area contributed by atoms with Crippen LogP contribution in [0.2, 0.25) is 5.02 Å². The van der Waals surface area contributed by atoms with Crippen LogP contribution in [0, 0.1) is 0 Å². The number of rotatable bonds is 6. The van der Waals surface area contributed by atoms with Gasteiger partial charge in [-0.1, -0.05) is 51.8 Å². The summed E-state index contributed by atoms with van der Waals surface area (Å²) in [6.07, 6.45) is 1.59. The van der Waals surface area contributed by atoms with Gasteiger partial charge in [-0.25, -0.2) is 14.6 Å². The zero-order valence-electron chi connectivity index (χ0n) is 18.8. The second-order valence-electron chi connectivity index (χ2n) is 7.61. The van der Waals surface area contributed by atoms with E-state index in [1.807, 2.05) is 43.3 Å².